The lowest BCUT2D eigenvalue weighted by Gasteiger charge is -2.17. The van der Waals surface area contributed by atoms with E-state index in [9.17, 15) is 9.59 Å². The van der Waals surface area contributed by atoms with Crippen LogP contribution in [0.1, 0.15) is 57.8 Å². The first-order valence-electron chi connectivity index (χ1n) is 10.7. The summed E-state index contributed by atoms with van der Waals surface area (Å²) in [7, 11) is 0. The van der Waals surface area contributed by atoms with E-state index < -0.39 is 12.0 Å². The summed E-state index contributed by atoms with van der Waals surface area (Å²) in [5.74, 6) is 0.538. The van der Waals surface area contributed by atoms with Gasteiger partial charge in [-0.3, -0.25) is 10.0 Å². The van der Waals surface area contributed by atoms with Gasteiger partial charge < -0.3 is 15.0 Å². The van der Waals surface area contributed by atoms with Gasteiger partial charge in [-0.1, -0.05) is 57.0 Å². The van der Waals surface area contributed by atoms with Crippen molar-refractivity contribution < 1.29 is 19.5 Å². The van der Waals surface area contributed by atoms with E-state index in [-0.39, 0.29) is 18.4 Å². The first-order valence-corrected chi connectivity index (χ1v) is 10.7. The van der Waals surface area contributed by atoms with Gasteiger partial charge in [0, 0.05) is 11.8 Å². The van der Waals surface area contributed by atoms with Crippen LogP contribution >= 0.6 is 0 Å². The Balaban J connectivity index is 1.75. The number of rotatable bonds is 10. The van der Waals surface area contributed by atoms with Crippen molar-refractivity contribution in [3.05, 3.63) is 42.2 Å². The Kier molecular flexibility index (Phi) is 7.83. The molecule has 0 saturated carbocycles. The molecule has 0 saturated heterocycles. The summed E-state index contributed by atoms with van der Waals surface area (Å²) in [6, 6.07) is 11.8. The van der Waals surface area contributed by atoms with Crippen LogP contribution in [0.2, 0.25) is 0 Å². The third-order valence-electron chi connectivity index (χ3n) is 5.09. The Bertz CT molecular complexity index is 1030. The number of hydrogen-bond donors (Lipinski definition) is 4. The molecule has 1 atom stereocenters. The van der Waals surface area contributed by atoms with Crippen molar-refractivity contribution in [3.63, 3.8) is 0 Å². The number of nitrogens with zero attached hydrogens (tertiary/aromatic N) is 1. The number of unbranched alkanes of at least 4 members (excludes halogenated alkanes) is 2. The Morgan fingerprint density at radius 3 is 2.71 bits per heavy atom. The predicted molar refractivity (Wildman–Crippen MR) is 119 cm³/mol. The van der Waals surface area contributed by atoms with Crippen LogP contribution in [-0.2, 0) is 9.53 Å². The number of hydroxylamine groups is 1. The number of benzene rings is 2. The molecule has 8 nitrogen and oxygen atoms in total. The van der Waals surface area contributed by atoms with Gasteiger partial charge in [-0.2, -0.15) is 0 Å². The van der Waals surface area contributed by atoms with Crippen LogP contribution in [0, 0.1) is 5.92 Å². The van der Waals surface area contributed by atoms with E-state index in [0.29, 0.717) is 25.3 Å². The van der Waals surface area contributed by atoms with Crippen molar-refractivity contribution in [2.24, 2.45) is 5.92 Å². The highest BCUT2D eigenvalue weighted by molar-refractivity contribution is 6.04. The third kappa shape index (κ3) is 6.18. The van der Waals surface area contributed by atoms with Gasteiger partial charge >= 0.3 is 6.09 Å². The molecule has 2 aromatic carbocycles. The minimum atomic E-state index is -0.469. The van der Waals surface area contributed by atoms with Crippen molar-refractivity contribution in [1.82, 2.24) is 20.8 Å². The molecule has 3 aromatic rings. The SMILES string of the molecule is CC(C)COC(=O)N[C@@H](CCCCCC(=O)NO)c1nc2c(ccc3ccccc32)[nH]1. The van der Waals surface area contributed by atoms with Crippen LogP contribution < -0.4 is 10.8 Å². The fraction of sp³-hybridized carbons (Fsp3) is 0.435. The maximum atomic E-state index is 12.3. The Labute approximate surface area is 181 Å². The number of alkyl carbamates (subject to hydrolysis) is 1. The predicted octanol–water partition coefficient (Wildman–Crippen LogP) is 4.60. The highest BCUT2D eigenvalue weighted by Gasteiger charge is 2.20. The van der Waals surface area contributed by atoms with E-state index in [0.717, 1.165) is 34.6 Å². The van der Waals surface area contributed by atoms with Gasteiger partial charge in [0.2, 0.25) is 5.91 Å². The molecule has 3 rings (SSSR count). The number of aromatic amines is 1. The molecule has 2 amide bonds. The molecule has 0 aliphatic rings. The summed E-state index contributed by atoms with van der Waals surface area (Å²) in [6.07, 6.45) is 2.67. The number of carbonyl (C=O) groups excluding carboxylic acids is 2. The van der Waals surface area contributed by atoms with Crippen LogP contribution in [0.15, 0.2) is 36.4 Å². The summed E-state index contributed by atoms with van der Waals surface area (Å²) < 4.78 is 5.30. The maximum absolute atomic E-state index is 12.3. The van der Waals surface area contributed by atoms with Crippen molar-refractivity contribution in [1.29, 1.82) is 0 Å². The molecule has 166 valence electrons. The zero-order chi connectivity index (χ0) is 22.2. The number of ether oxygens (including phenoxy) is 1. The number of imidazole rings is 1. The molecule has 0 unspecified atom stereocenters. The first-order chi connectivity index (χ1) is 15.0. The van der Waals surface area contributed by atoms with Gasteiger partial charge in [0.05, 0.1) is 23.7 Å². The van der Waals surface area contributed by atoms with Gasteiger partial charge in [0.25, 0.3) is 0 Å². The first kappa shape index (κ1) is 22.6. The molecule has 4 N–H and O–H groups in total. The minimum absolute atomic E-state index is 0.249. The van der Waals surface area contributed by atoms with Crippen LogP contribution in [0.5, 0.6) is 0 Å². The van der Waals surface area contributed by atoms with Crippen LogP contribution in [0.3, 0.4) is 0 Å². The lowest BCUT2D eigenvalue weighted by atomic mass is 10.1. The lowest BCUT2D eigenvalue weighted by Crippen LogP contribution is -2.30. The number of amides is 2. The highest BCUT2D eigenvalue weighted by atomic mass is 16.5. The number of fused-ring (bicyclic) bond motifs is 3. The van der Waals surface area contributed by atoms with E-state index in [2.05, 4.69) is 10.3 Å². The quantitative estimate of drug-likeness (QED) is 0.215. The third-order valence-corrected chi connectivity index (χ3v) is 5.09. The van der Waals surface area contributed by atoms with E-state index in [4.69, 9.17) is 14.9 Å². The molecule has 0 aliphatic heterocycles. The second-order valence-corrected chi connectivity index (χ2v) is 8.13. The Hall–Kier alpha value is -3.13. The minimum Gasteiger partial charge on any atom is -0.449 e. The highest BCUT2D eigenvalue weighted by Crippen LogP contribution is 2.27. The molecule has 0 aliphatic carbocycles. The second-order valence-electron chi connectivity index (χ2n) is 8.13. The average Bonchev–Trinajstić information content (AvgIpc) is 3.21. The number of nitrogens with one attached hydrogen (secondary N) is 3. The summed E-state index contributed by atoms with van der Waals surface area (Å²) in [5.41, 5.74) is 3.42. The number of aromatic nitrogens is 2. The molecule has 1 heterocycles. The van der Waals surface area contributed by atoms with Crippen molar-refractivity contribution in [2.75, 3.05) is 6.61 Å². The van der Waals surface area contributed by atoms with Gasteiger partial charge in [-0.05, 0) is 30.2 Å². The normalized spacial score (nSPS) is 12.3. The largest absolute Gasteiger partial charge is 0.449 e. The second kappa shape index (κ2) is 10.8. The summed E-state index contributed by atoms with van der Waals surface area (Å²) in [5, 5.41) is 13.7. The Morgan fingerprint density at radius 2 is 1.94 bits per heavy atom. The van der Waals surface area contributed by atoms with Crippen LogP contribution in [0.25, 0.3) is 21.8 Å². The van der Waals surface area contributed by atoms with E-state index in [1.54, 1.807) is 5.48 Å². The number of hydrogen-bond acceptors (Lipinski definition) is 5. The topological polar surface area (TPSA) is 116 Å². The summed E-state index contributed by atoms with van der Waals surface area (Å²) in [4.78, 5) is 31.6. The van der Waals surface area contributed by atoms with Crippen LogP contribution in [-0.4, -0.2) is 33.8 Å². The molecular weight excluding hydrogens is 396 g/mol. The number of H-pyrrole nitrogens is 1. The summed E-state index contributed by atoms with van der Waals surface area (Å²) in [6.45, 7) is 4.31. The zero-order valence-corrected chi connectivity index (χ0v) is 18.0. The van der Waals surface area contributed by atoms with Crippen molar-refractivity contribution in [3.8, 4) is 0 Å². The molecule has 8 heteroatoms. The molecule has 0 spiro atoms. The molecule has 1 aromatic heterocycles. The molecule has 0 fully saturated rings. The molecular formula is C23H30N4O4. The van der Waals surface area contributed by atoms with E-state index in [1.165, 1.54) is 0 Å². The zero-order valence-electron chi connectivity index (χ0n) is 18.0. The van der Waals surface area contributed by atoms with Crippen LogP contribution in [0.4, 0.5) is 4.79 Å². The molecule has 0 bridgehead atoms. The molecule has 0 radical (unpaired) electrons. The van der Waals surface area contributed by atoms with E-state index >= 15 is 0 Å². The summed E-state index contributed by atoms with van der Waals surface area (Å²) >= 11 is 0. The Morgan fingerprint density at radius 1 is 1.13 bits per heavy atom. The van der Waals surface area contributed by atoms with Crippen molar-refractivity contribution >= 4 is 33.8 Å². The standard InChI is InChI=1S/C23H30N4O4/c1-15(2)14-31-23(29)25-19(10-4-3-5-11-20(28)27-30)22-24-18-13-12-16-8-6-7-9-17(16)21(18)26-22/h6-9,12-13,15,19,30H,3-5,10-11,14H2,1-2H3,(H,24,26)(H,25,29)(H,27,28)/t19-/m0/s1. The molecule has 31 heavy (non-hydrogen) atoms. The van der Waals surface area contributed by atoms with Gasteiger partial charge in [0.1, 0.15) is 5.82 Å². The van der Waals surface area contributed by atoms with Gasteiger partial charge in [-0.25, -0.2) is 15.3 Å². The van der Waals surface area contributed by atoms with E-state index in [1.807, 2.05) is 50.2 Å². The average molecular weight is 427 g/mol. The lowest BCUT2D eigenvalue weighted by molar-refractivity contribution is -0.129. The monoisotopic (exact) mass is 426 g/mol. The fourth-order valence-corrected chi connectivity index (χ4v) is 3.50. The number of carbonyl (C=O) groups is 2. The van der Waals surface area contributed by atoms with Gasteiger partial charge in [0.15, 0.2) is 0 Å². The van der Waals surface area contributed by atoms with Crippen molar-refractivity contribution in [2.45, 2.75) is 52.0 Å². The van der Waals surface area contributed by atoms with Gasteiger partial charge in [-0.15, -0.1) is 0 Å². The maximum Gasteiger partial charge on any atom is 0.407 e. The smallest absolute Gasteiger partial charge is 0.407 e. The fourth-order valence-electron chi connectivity index (χ4n) is 3.50.